The number of hydrogen-bond donors (Lipinski definition) is 2. The molecule has 0 fully saturated rings. The van der Waals surface area contributed by atoms with E-state index in [1.807, 2.05) is 24.3 Å². The summed E-state index contributed by atoms with van der Waals surface area (Å²) < 4.78 is 42.5. The molecule has 166 valence electrons. The van der Waals surface area contributed by atoms with E-state index in [1.54, 1.807) is 24.3 Å². The van der Waals surface area contributed by atoms with Gasteiger partial charge in [0.2, 0.25) is 0 Å². The summed E-state index contributed by atoms with van der Waals surface area (Å²) in [7, 11) is 0. The minimum Gasteiger partial charge on any atom is -0.363 e. The van der Waals surface area contributed by atoms with Crippen molar-refractivity contribution in [1.29, 1.82) is 0 Å². The van der Waals surface area contributed by atoms with Crippen LogP contribution >= 0.6 is 0 Å². The first-order valence-corrected chi connectivity index (χ1v) is 10.8. The van der Waals surface area contributed by atoms with E-state index in [0.29, 0.717) is 0 Å². The number of fused-ring (bicyclic) bond motifs is 2. The van der Waals surface area contributed by atoms with Gasteiger partial charge in [-0.2, -0.15) is 18.3 Å². The maximum atomic E-state index is 13.9. The van der Waals surface area contributed by atoms with Gasteiger partial charge in [-0.05, 0) is 36.0 Å². The van der Waals surface area contributed by atoms with Gasteiger partial charge in [0.1, 0.15) is 11.4 Å². The van der Waals surface area contributed by atoms with Crippen molar-refractivity contribution < 1.29 is 18.0 Å². The topological polar surface area (TPSA) is 59.0 Å². The second kappa shape index (κ2) is 8.00. The average Bonchev–Trinajstić information content (AvgIpc) is 3.23. The van der Waals surface area contributed by atoms with Gasteiger partial charge >= 0.3 is 6.18 Å². The highest BCUT2D eigenvalue weighted by molar-refractivity contribution is 5.99. The number of nitrogens with one attached hydrogen (secondary N) is 2. The molecule has 0 saturated carbocycles. The predicted octanol–water partition coefficient (Wildman–Crippen LogP) is 5.35. The minimum atomic E-state index is -4.48. The van der Waals surface area contributed by atoms with Gasteiger partial charge in [0.25, 0.3) is 5.91 Å². The molecule has 1 aliphatic heterocycles. The summed E-state index contributed by atoms with van der Waals surface area (Å²) in [5, 5.41) is 10.1. The lowest BCUT2D eigenvalue weighted by atomic mass is 9.87. The third kappa shape index (κ3) is 3.74. The van der Waals surface area contributed by atoms with Gasteiger partial charge in [-0.15, -0.1) is 0 Å². The minimum absolute atomic E-state index is 0.106. The number of aromatic nitrogens is 2. The van der Waals surface area contributed by atoms with Gasteiger partial charge in [-0.25, -0.2) is 4.68 Å². The van der Waals surface area contributed by atoms with Crippen molar-refractivity contribution in [2.75, 3.05) is 5.32 Å². The lowest BCUT2D eigenvalue weighted by Gasteiger charge is -2.34. The molecule has 0 radical (unpaired) electrons. The maximum Gasteiger partial charge on any atom is 0.410 e. The van der Waals surface area contributed by atoms with Gasteiger partial charge in [-0.1, -0.05) is 54.6 Å². The van der Waals surface area contributed by atoms with Crippen LogP contribution in [-0.4, -0.2) is 21.9 Å². The van der Waals surface area contributed by atoms with E-state index in [-0.39, 0.29) is 23.8 Å². The molecule has 0 spiro atoms. The Morgan fingerprint density at radius 2 is 1.84 bits per heavy atom. The smallest absolute Gasteiger partial charge is 0.363 e. The summed E-state index contributed by atoms with van der Waals surface area (Å²) in [5.74, 6) is -0.316. The van der Waals surface area contributed by atoms with Gasteiger partial charge in [-0.3, -0.25) is 4.79 Å². The number of hydrogen-bond acceptors (Lipinski definition) is 3. The van der Waals surface area contributed by atoms with Gasteiger partial charge in [0, 0.05) is 6.42 Å². The fraction of sp³-hybridized carbons (Fsp3) is 0.333. The monoisotopic (exact) mass is 440 g/mol. The quantitative estimate of drug-likeness (QED) is 0.577. The number of carbonyl (C=O) groups is 1. The van der Waals surface area contributed by atoms with Crippen LogP contribution in [0, 0.1) is 0 Å². The molecule has 2 aromatic carbocycles. The van der Waals surface area contributed by atoms with Crippen LogP contribution in [0.25, 0.3) is 0 Å². The Morgan fingerprint density at radius 3 is 2.62 bits per heavy atom. The van der Waals surface area contributed by atoms with Gasteiger partial charge in [0.15, 0.2) is 6.04 Å². The zero-order valence-corrected chi connectivity index (χ0v) is 17.3. The van der Waals surface area contributed by atoms with E-state index in [4.69, 9.17) is 0 Å². The van der Waals surface area contributed by atoms with E-state index < -0.39 is 24.2 Å². The van der Waals surface area contributed by atoms with Crippen LogP contribution in [0.3, 0.4) is 0 Å². The first kappa shape index (κ1) is 20.6. The van der Waals surface area contributed by atoms with E-state index in [2.05, 4.69) is 21.8 Å². The van der Waals surface area contributed by atoms with Crippen LogP contribution in [0.5, 0.6) is 0 Å². The van der Waals surface area contributed by atoms with Crippen LogP contribution in [-0.2, 0) is 6.42 Å². The van der Waals surface area contributed by atoms with Crippen molar-refractivity contribution in [2.24, 2.45) is 0 Å². The summed E-state index contributed by atoms with van der Waals surface area (Å²) in [6.07, 6.45) is -0.751. The SMILES string of the molecule is O=C(NC1CCCc2ccccc21)c1cnn2c1NC(c1ccccc1)CC2C(F)(F)F. The lowest BCUT2D eigenvalue weighted by molar-refractivity contribution is -0.173. The number of rotatable bonds is 3. The third-order valence-corrected chi connectivity index (χ3v) is 6.36. The maximum absolute atomic E-state index is 13.9. The molecule has 8 heteroatoms. The molecule has 32 heavy (non-hydrogen) atoms. The van der Waals surface area contributed by atoms with Crippen LogP contribution in [0.15, 0.2) is 60.8 Å². The standard InChI is InChI=1S/C24H23F3N4O/c25-24(26,27)21-13-20(16-8-2-1-3-9-16)29-22-18(14-28-31(21)22)23(32)30-19-12-6-10-15-7-4-5-11-17(15)19/h1-5,7-9,11,14,19-21,29H,6,10,12-13H2,(H,30,32). The molecule has 2 N–H and O–H groups in total. The van der Waals surface area contributed by atoms with Crippen molar-refractivity contribution in [3.63, 3.8) is 0 Å². The first-order valence-electron chi connectivity index (χ1n) is 10.8. The van der Waals surface area contributed by atoms with Crippen LogP contribution in [0.2, 0.25) is 0 Å². The number of amides is 1. The van der Waals surface area contributed by atoms with Crippen LogP contribution < -0.4 is 10.6 Å². The van der Waals surface area contributed by atoms with Crippen LogP contribution in [0.1, 0.15) is 64.4 Å². The third-order valence-electron chi connectivity index (χ3n) is 6.36. The zero-order valence-electron chi connectivity index (χ0n) is 17.3. The number of halogens is 3. The summed E-state index contributed by atoms with van der Waals surface area (Å²) >= 11 is 0. The molecule has 3 atom stereocenters. The fourth-order valence-corrected chi connectivity index (χ4v) is 4.77. The Morgan fingerprint density at radius 1 is 1.09 bits per heavy atom. The molecule has 0 saturated heterocycles. The summed E-state index contributed by atoms with van der Waals surface area (Å²) in [4.78, 5) is 13.2. The average molecular weight is 440 g/mol. The second-order valence-electron chi connectivity index (χ2n) is 8.37. The Balaban J connectivity index is 1.46. The highest BCUT2D eigenvalue weighted by Gasteiger charge is 2.47. The van der Waals surface area contributed by atoms with Gasteiger partial charge < -0.3 is 10.6 Å². The number of aryl methyl sites for hydroxylation is 1. The molecule has 5 nitrogen and oxygen atoms in total. The highest BCUT2D eigenvalue weighted by Crippen LogP contribution is 2.44. The van der Waals surface area contributed by atoms with Crippen molar-refractivity contribution >= 4 is 11.7 Å². The summed E-state index contributed by atoms with van der Waals surface area (Å²) in [6.45, 7) is 0. The van der Waals surface area contributed by atoms with Crippen LogP contribution in [0.4, 0.5) is 19.0 Å². The largest absolute Gasteiger partial charge is 0.410 e. The van der Waals surface area contributed by atoms with Crippen molar-refractivity contribution in [3.8, 4) is 0 Å². The normalized spacial score (nSPS) is 22.4. The molecule has 0 bridgehead atoms. The summed E-state index contributed by atoms with van der Waals surface area (Å²) in [6, 6.07) is 14.4. The first-order chi connectivity index (χ1) is 15.4. The number of benzene rings is 2. The molecular weight excluding hydrogens is 417 g/mol. The highest BCUT2D eigenvalue weighted by atomic mass is 19.4. The number of carbonyl (C=O) groups excluding carboxylic acids is 1. The Labute approximate surface area is 183 Å². The predicted molar refractivity (Wildman–Crippen MR) is 114 cm³/mol. The van der Waals surface area contributed by atoms with E-state index in [9.17, 15) is 18.0 Å². The second-order valence-corrected chi connectivity index (χ2v) is 8.37. The number of alkyl halides is 3. The molecular formula is C24H23F3N4O. The zero-order chi connectivity index (χ0) is 22.3. The molecule has 1 amide bonds. The molecule has 3 aromatic rings. The fourth-order valence-electron chi connectivity index (χ4n) is 4.77. The molecule has 1 aromatic heterocycles. The van der Waals surface area contributed by atoms with Crippen molar-refractivity contribution in [2.45, 2.75) is 50.0 Å². The van der Waals surface area contributed by atoms with Crippen molar-refractivity contribution in [1.82, 2.24) is 15.1 Å². The lowest BCUT2D eigenvalue weighted by Crippen LogP contribution is -2.37. The van der Waals surface area contributed by atoms with Crippen molar-refractivity contribution in [3.05, 3.63) is 83.0 Å². The number of anilines is 1. The molecule has 1 aliphatic carbocycles. The Kier molecular flexibility index (Phi) is 5.15. The Hall–Kier alpha value is -3.29. The Bertz CT molecular complexity index is 1130. The molecule has 2 heterocycles. The molecule has 2 aliphatic rings. The molecule has 5 rings (SSSR count). The number of nitrogens with zero attached hydrogens (tertiary/aromatic N) is 2. The molecule has 3 unspecified atom stereocenters. The van der Waals surface area contributed by atoms with E-state index in [0.717, 1.165) is 35.1 Å². The van der Waals surface area contributed by atoms with E-state index in [1.165, 1.54) is 11.8 Å². The summed E-state index contributed by atoms with van der Waals surface area (Å²) in [5.41, 5.74) is 3.13. The van der Waals surface area contributed by atoms with E-state index >= 15 is 0 Å². The van der Waals surface area contributed by atoms with Gasteiger partial charge in [0.05, 0.1) is 18.3 Å².